The number of hydrogen-bond donors (Lipinski definition) is 0. The molecule has 0 saturated carbocycles. The van der Waals surface area contributed by atoms with Crippen molar-refractivity contribution >= 4 is 11.6 Å². The molecule has 1 nitrogen and oxygen atoms in total. The van der Waals surface area contributed by atoms with Crippen molar-refractivity contribution in [2.75, 3.05) is 0 Å². The topological polar surface area (TPSA) is 9.23 Å². The number of alkyl halides is 1. The largest absolute Gasteiger partial charge is 0.457 e. The molecule has 0 heterocycles. The molecule has 0 unspecified atom stereocenters. The minimum atomic E-state index is -0.304. The highest BCUT2D eigenvalue weighted by atomic mass is 35.5. The molecule has 2 aromatic carbocycles. The van der Waals surface area contributed by atoms with E-state index in [9.17, 15) is 4.39 Å². The molecule has 2 aromatic rings. The quantitative estimate of drug-likeness (QED) is 0.711. The molecule has 0 atom stereocenters. The van der Waals surface area contributed by atoms with Crippen LogP contribution >= 0.6 is 11.6 Å². The zero-order valence-corrected chi connectivity index (χ0v) is 11.1. The van der Waals surface area contributed by atoms with E-state index in [1.807, 2.05) is 32.0 Å². The van der Waals surface area contributed by atoms with Gasteiger partial charge in [-0.1, -0.05) is 18.2 Å². The molecule has 0 aliphatic carbocycles. The number of benzene rings is 2. The predicted octanol–water partition coefficient (Wildman–Crippen LogP) is 4.97. The Hall–Kier alpha value is -1.54. The summed E-state index contributed by atoms with van der Waals surface area (Å²) in [6.45, 7) is 3.83. The predicted molar refractivity (Wildman–Crippen MR) is 71.9 cm³/mol. The third-order valence-electron chi connectivity index (χ3n) is 2.78. The zero-order chi connectivity index (χ0) is 13.1. The molecular weight excluding hydrogens is 251 g/mol. The van der Waals surface area contributed by atoms with Crippen LogP contribution < -0.4 is 4.74 Å². The van der Waals surface area contributed by atoms with Gasteiger partial charge in [0.15, 0.2) is 0 Å². The summed E-state index contributed by atoms with van der Waals surface area (Å²) < 4.78 is 19.0. The Morgan fingerprint density at radius 3 is 2.28 bits per heavy atom. The number of ether oxygens (including phenoxy) is 1. The van der Waals surface area contributed by atoms with Gasteiger partial charge in [0.1, 0.15) is 17.3 Å². The van der Waals surface area contributed by atoms with E-state index in [1.165, 1.54) is 12.1 Å². The summed E-state index contributed by atoms with van der Waals surface area (Å²) in [5.41, 5.74) is 2.87. The van der Waals surface area contributed by atoms with E-state index in [2.05, 4.69) is 0 Å². The van der Waals surface area contributed by atoms with Gasteiger partial charge in [0.2, 0.25) is 0 Å². The van der Waals surface area contributed by atoms with Crippen molar-refractivity contribution in [2.45, 2.75) is 19.7 Å². The Labute approximate surface area is 111 Å². The molecule has 0 aliphatic heterocycles. The lowest BCUT2D eigenvalue weighted by atomic mass is 10.1. The first-order valence-electron chi connectivity index (χ1n) is 5.69. The molecule has 0 amide bonds. The number of hydrogen-bond acceptors (Lipinski definition) is 1. The van der Waals surface area contributed by atoms with Crippen molar-refractivity contribution in [3.05, 3.63) is 58.9 Å². The second-order valence-corrected chi connectivity index (χ2v) is 4.51. The third kappa shape index (κ3) is 2.82. The maximum Gasteiger partial charge on any atom is 0.133 e. The second-order valence-electron chi connectivity index (χ2n) is 4.25. The SMILES string of the molecule is Cc1ccc(F)cc1Oc1cc(CCl)ccc1C. The summed E-state index contributed by atoms with van der Waals surface area (Å²) in [6, 6.07) is 10.3. The van der Waals surface area contributed by atoms with E-state index >= 15 is 0 Å². The Morgan fingerprint density at radius 1 is 1.00 bits per heavy atom. The molecule has 0 saturated heterocycles. The lowest BCUT2D eigenvalue weighted by Crippen LogP contribution is -1.92. The molecule has 3 heteroatoms. The van der Waals surface area contributed by atoms with Gasteiger partial charge in [-0.2, -0.15) is 0 Å². The summed E-state index contributed by atoms with van der Waals surface area (Å²) in [5.74, 6) is 1.37. The van der Waals surface area contributed by atoms with Crippen molar-refractivity contribution in [3.8, 4) is 11.5 Å². The first kappa shape index (κ1) is 12.9. The molecule has 2 rings (SSSR count). The van der Waals surface area contributed by atoms with Gasteiger partial charge < -0.3 is 4.74 Å². The van der Waals surface area contributed by atoms with Crippen LogP contribution in [0.4, 0.5) is 4.39 Å². The standard InChI is InChI=1S/C15H14ClFO/c1-10-3-5-12(9-16)7-14(10)18-15-8-13(17)6-4-11(15)2/h3-8H,9H2,1-2H3. The van der Waals surface area contributed by atoms with Gasteiger partial charge in [-0.3, -0.25) is 0 Å². The first-order valence-corrected chi connectivity index (χ1v) is 6.23. The van der Waals surface area contributed by atoms with E-state index in [1.54, 1.807) is 6.07 Å². The highest BCUT2D eigenvalue weighted by Crippen LogP contribution is 2.29. The molecule has 18 heavy (non-hydrogen) atoms. The lowest BCUT2D eigenvalue weighted by molar-refractivity contribution is 0.469. The molecule has 0 fully saturated rings. The van der Waals surface area contributed by atoms with E-state index in [-0.39, 0.29) is 5.82 Å². The fraction of sp³-hybridized carbons (Fsp3) is 0.200. The molecule has 0 aliphatic rings. The number of aryl methyl sites for hydroxylation is 2. The van der Waals surface area contributed by atoms with Crippen molar-refractivity contribution in [1.29, 1.82) is 0 Å². The normalized spacial score (nSPS) is 10.4. The van der Waals surface area contributed by atoms with Crippen molar-refractivity contribution in [1.82, 2.24) is 0 Å². The van der Waals surface area contributed by atoms with Gasteiger partial charge in [0, 0.05) is 11.9 Å². The highest BCUT2D eigenvalue weighted by Gasteiger charge is 2.06. The summed E-state index contributed by atoms with van der Waals surface area (Å²) in [4.78, 5) is 0. The first-order chi connectivity index (χ1) is 8.60. The third-order valence-corrected chi connectivity index (χ3v) is 3.09. The molecule has 94 valence electrons. The summed E-state index contributed by atoms with van der Waals surface area (Å²) in [5, 5.41) is 0. The van der Waals surface area contributed by atoms with Crippen LogP contribution in [-0.4, -0.2) is 0 Å². The Bertz CT molecular complexity index is 566. The Kier molecular flexibility index (Phi) is 3.87. The summed E-state index contributed by atoms with van der Waals surface area (Å²) >= 11 is 5.80. The average molecular weight is 265 g/mol. The number of rotatable bonds is 3. The van der Waals surface area contributed by atoms with Crippen LogP contribution in [0.2, 0.25) is 0 Å². The van der Waals surface area contributed by atoms with Crippen LogP contribution in [0.3, 0.4) is 0 Å². The van der Waals surface area contributed by atoms with E-state index in [4.69, 9.17) is 16.3 Å². The van der Waals surface area contributed by atoms with Crippen LogP contribution in [0, 0.1) is 19.7 Å². The molecular formula is C15H14ClFO. The van der Waals surface area contributed by atoms with Gasteiger partial charge >= 0.3 is 0 Å². The average Bonchev–Trinajstić information content (AvgIpc) is 2.36. The summed E-state index contributed by atoms with van der Waals surface area (Å²) in [6.07, 6.45) is 0. The van der Waals surface area contributed by atoms with E-state index in [0.29, 0.717) is 17.4 Å². The molecule has 0 N–H and O–H groups in total. The fourth-order valence-corrected chi connectivity index (χ4v) is 1.81. The lowest BCUT2D eigenvalue weighted by Gasteiger charge is -2.12. The Balaban J connectivity index is 2.36. The van der Waals surface area contributed by atoms with Crippen molar-refractivity contribution in [3.63, 3.8) is 0 Å². The second kappa shape index (κ2) is 5.40. The van der Waals surface area contributed by atoms with Gasteiger partial charge in [0.25, 0.3) is 0 Å². The van der Waals surface area contributed by atoms with Crippen LogP contribution in [0.5, 0.6) is 11.5 Å². The minimum absolute atomic E-state index is 0.304. The summed E-state index contributed by atoms with van der Waals surface area (Å²) in [7, 11) is 0. The molecule has 0 aromatic heterocycles. The molecule has 0 spiro atoms. The van der Waals surface area contributed by atoms with Crippen molar-refractivity contribution in [2.24, 2.45) is 0 Å². The zero-order valence-electron chi connectivity index (χ0n) is 10.3. The van der Waals surface area contributed by atoms with Crippen LogP contribution in [0.1, 0.15) is 16.7 Å². The fourth-order valence-electron chi connectivity index (χ4n) is 1.64. The van der Waals surface area contributed by atoms with E-state index < -0.39 is 0 Å². The minimum Gasteiger partial charge on any atom is -0.457 e. The van der Waals surface area contributed by atoms with Gasteiger partial charge in [-0.15, -0.1) is 11.6 Å². The Morgan fingerprint density at radius 2 is 1.61 bits per heavy atom. The maximum absolute atomic E-state index is 13.2. The smallest absolute Gasteiger partial charge is 0.133 e. The molecule has 0 radical (unpaired) electrons. The van der Waals surface area contributed by atoms with Crippen molar-refractivity contribution < 1.29 is 9.13 Å². The number of halogens is 2. The van der Waals surface area contributed by atoms with Crippen LogP contribution in [0.25, 0.3) is 0 Å². The monoisotopic (exact) mass is 264 g/mol. The van der Waals surface area contributed by atoms with E-state index in [0.717, 1.165) is 16.7 Å². The van der Waals surface area contributed by atoms with Gasteiger partial charge in [-0.05, 0) is 42.7 Å². The van der Waals surface area contributed by atoms with Gasteiger partial charge in [-0.25, -0.2) is 4.39 Å². The maximum atomic E-state index is 13.2. The van der Waals surface area contributed by atoms with Crippen LogP contribution in [-0.2, 0) is 5.88 Å². The highest BCUT2D eigenvalue weighted by molar-refractivity contribution is 6.17. The van der Waals surface area contributed by atoms with Crippen LogP contribution in [0.15, 0.2) is 36.4 Å². The van der Waals surface area contributed by atoms with Gasteiger partial charge in [0.05, 0.1) is 0 Å². The molecule has 0 bridgehead atoms.